The Kier molecular flexibility index (Phi) is 10.0. The normalized spacial score (nSPS) is 21.3. The maximum Gasteiger partial charge on any atom is 0.315 e. The number of rotatable bonds is 10. The monoisotopic (exact) mass is 522 g/mol. The van der Waals surface area contributed by atoms with E-state index in [1.807, 2.05) is 6.92 Å². The van der Waals surface area contributed by atoms with E-state index in [0.29, 0.717) is 19.4 Å². The number of amides is 6. The van der Waals surface area contributed by atoms with E-state index in [1.54, 1.807) is 34.9 Å². The predicted molar refractivity (Wildman–Crippen MR) is 136 cm³/mol. The molecule has 0 aromatic rings. The predicted octanol–water partition coefficient (Wildman–Crippen LogP) is -0.245. The largest absolute Gasteiger partial charge is 0.363 e. The van der Waals surface area contributed by atoms with E-state index in [-0.39, 0.29) is 24.3 Å². The van der Waals surface area contributed by atoms with Crippen LogP contribution in [0, 0.1) is 17.3 Å². The average Bonchev–Trinajstić information content (AvgIpc) is 3.17. The van der Waals surface area contributed by atoms with Crippen LogP contribution in [0.1, 0.15) is 59.8 Å². The topological polar surface area (TPSA) is 171 Å². The fourth-order valence-electron chi connectivity index (χ4n) is 4.58. The van der Waals surface area contributed by atoms with E-state index in [1.165, 1.54) is 9.80 Å². The summed E-state index contributed by atoms with van der Waals surface area (Å²) in [6.45, 7) is 7.34. The van der Waals surface area contributed by atoms with Gasteiger partial charge in [-0.05, 0) is 30.1 Å². The van der Waals surface area contributed by atoms with Crippen LogP contribution in [0.25, 0.3) is 0 Å². The molecule has 0 radical (unpaired) electrons. The van der Waals surface area contributed by atoms with E-state index in [0.717, 1.165) is 19.3 Å². The van der Waals surface area contributed by atoms with Gasteiger partial charge in [0.25, 0.3) is 5.91 Å². The number of nitrogens with one attached hydrogen (secondary N) is 3. The Balaban J connectivity index is 2.16. The molecule has 1 aliphatic carbocycles. The minimum absolute atomic E-state index is 0.00350. The van der Waals surface area contributed by atoms with Crippen LogP contribution in [0.3, 0.4) is 0 Å². The zero-order valence-electron chi connectivity index (χ0n) is 22.8. The Morgan fingerprint density at radius 1 is 1.05 bits per heavy atom. The number of ketones is 1. The third-order valence-corrected chi connectivity index (χ3v) is 7.05. The molecular weight excluding hydrogens is 480 g/mol. The second-order valence-electron chi connectivity index (χ2n) is 11.6. The summed E-state index contributed by atoms with van der Waals surface area (Å²) in [7, 11) is 3.13. The van der Waals surface area contributed by atoms with Crippen molar-refractivity contribution in [1.29, 1.82) is 0 Å². The van der Waals surface area contributed by atoms with E-state index in [9.17, 15) is 28.8 Å². The van der Waals surface area contributed by atoms with Gasteiger partial charge in [0.2, 0.25) is 23.5 Å². The standard InChI is InChI=1S/C25H42N6O6/c1-14-10-17(22(35)28-16(19(33)21(26)34)11-15-8-7-9-15)31(13-14)23(36)20(25(2,3)4)29-24(37)27-12-18(32)30(5)6/h14-17,20H,7-13H2,1-6H3,(H2,26,34)(H,28,35)(H2,27,29,37)/t14?,16?,17-,20?/m0/s1. The molecule has 12 nitrogen and oxygen atoms in total. The molecule has 0 aromatic heterocycles. The van der Waals surface area contributed by atoms with Gasteiger partial charge in [0.1, 0.15) is 12.1 Å². The lowest BCUT2D eigenvalue weighted by atomic mass is 9.80. The van der Waals surface area contributed by atoms with Crippen LogP contribution in [0.2, 0.25) is 0 Å². The van der Waals surface area contributed by atoms with Gasteiger partial charge in [-0.3, -0.25) is 24.0 Å². The first kappa shape index (κ1) is 30.0. The van der Waals surface area contributed by atoms with Crippen LogP contribution in [-0.4, -0.2) is 90.6 Å². The van der Waals surface area contributed by atoms with Gasteiger partial charge in [-0.15, -0.1) is 0 Å². The highest BCUT2D eigenvalue weighted by atomic mass is 16.2. The molecule has 1 aliphatic heterocycles. The molecule has 12 heteroatoms. The van der Waals surface area contributed by atoms with Crippen molar-refractivity contribution in [3.63, 3.8) is 0 Å². The van der Waals surface area contributed by atoms with Gasteiger partial charge >= 0.3 is 6.03 Å². The molecule has 1 saturated carbocycles. The maximum atomic E-state index is 13.7. The van der Waals surface area contributed by atoms with Crippen LogP contribution in [-0.2, 0) is 24.0 Å². The zero-order valence-corrected chi connectivity index (χ0v) is 22.8. The minimum Gasteiger partial charge on any atom is -0.363 e. The van der Waals surface area contributed by atoms with Gasteiger partial charge in [-0.1, -0.05) is 47.0 Å². The third kappa shape index (κ3) is 8.16. The summed E-state index contributed by atoms with van der Waals surface area (Å²) in [6, 6.07) is -3.55. The van der Waals surface area contributed by atoms with Crippen LogP contribution < -0.4 is 21.7 Å². The summed E-state index contributed by atoms with van der Waals surface area (Å²) in [5.74, 6) is -2.98. The molecule has 208 valence electrons. The summed E-state index contributed by atoms with van der Waals surface area (Å²) < 4.78 is 0. The molecule has 0 spiro atoms. The number of carbonyl (C=O) groups is 6. The van der Waals surface area contributed by atoms with Crippen LogP contribution in [0.4, 0.5) is 4.79 Å². The minimum atomic E-state index is -1.10. The van der Waals surface area contributed by atoms with Crippen molar-refractivity contribution < 1.29 is 28.8 Å². The van der Waals surface area contributed by atoms with Crippen molar-refractivity contribution in [2.45, 2.75) is 77.9 Å². The van der Waals surface area contributed by atoms with E-state index >= 15 is 0 Å². The van der Waals surface area contributed by atoms with Gasteiger partial charge < -0.3 is 31.5 Å². The molecule has 2 aliphatic rings. The Morgan fingerprint density at radius 3 is 2.16 bits per heavy atom. The van der Waals surface area contributed by atoms with Gasteiger partial charge in [0, 0.05) is 20.6 Å². The number of nitrogens with zero attached hydrogens (tertiary/aromatic N) is 2. The average molecular weight is 523 g/mol. The number of likely N-dealkylation sites (N-methyl/N-ethyl adjacent to an activating group) is 1. The van der Waals surface area contributed by atoms with E-state index in [4.69, 9.17) is 5.73 Å². The summed E-state index contributed by atoms with van der Waals surface area (Å²) >= 11 is 0. The highest BCUT2D eigenvalue weighted by molar-refractivity contribution is 6.37. The first-order valence-electron chi connectivity index (χ1n) is 12.8. The van der Waals surface area contributed by atoms with Crippen LogP contribution in [0.15, 0.2) is 0 Å². The van der Waals surface area contributed by atoms with E-state index in [2.05, 4.69) is 16.0 Å². The number of carbonyl (C=O) groups excluding carboxylic acids is 6. The highest BCUT2D eigenvalue weighted by Gasteiger charge is 2.44. The Morgan fingerprint density at radius 2 is 1.68 bits per heavy atom. The molecule has 3 unspecified atom stereocenters. The number of urea groups is 1. The molecular formula is C25H42N6O6. The summed E-state index contributed by atoms with van der Waals surface area (Å²) in [5.41, 5.74) is 4.51. The zero-order chi connectivity index (χ0) is 28.1. The Labute approximate surface area is 218 Å². The summed E-state index contributed by atoms with van der Waals surface area (Å²) in [6.07, 6.45) is 3.59. The second-order valence-corrected chi connectivity index (χ2v) is 11.6. The number of hydrogen-bond acceptors (Lipinski definition) is 6. The smallest absolute Gasteiger partial charge is 0.315 e. The molecule has 2 rings (SSSR count). The van der Waals surface area contributed by atoms with Crippen molar-refractivity contribution in [2.24, 2.45) is 23.0 Å². The van der Waals surface area contributed by atoms with E-state index < -0.39 is 53.1 Å². The molecule has 6 amide bonds. The molecule has 0 bridgehead atoms. The Bertz CT molecular complexity index is 910. The number of primary amides is 1. The molecule has 0 aromatic carbocycles. The van der Waals surface area contributed by atoms with Crippen molar-refractivity contribution in [3.05, 3.63) is 0 Å². The fourth-order valence-corrected chi connectivity index (χ4v) is 4.58. The summed E-state index contributed by atoms with van der Waals surface area (Å²) in [5, 5.41) is 7.80. The first-order valence-corrected chi connectivity index (χ1v) is 12.8. The number of likely N-dealkylation sites (tertiary alicyclic amines) is 1. The highest BCUT2D eigenvalue weighted by Crippen LogP contribution is 2.31. The lowest BCUT2D eigenvalue weighted by molar-refractivity contribution is -0.143. The van der Waals surface area contributed by atoms with Gasteiger partial charge in [0.15, 0.2) is 0 Å². The summed E-state index contributed by atoms with van der Waals surface area (Å²) in [4.78, 5) is 78.1. The van der Waals surface area contributed by atoms with Crippen LogP contribution in [0.5, 0.6) is 0 Å². The SMILES string of the molecule is CC1C[C@@H](C(=O)NC(CC2CCC2)C(=O)C(N)=O)N(C(=O)C(NC(=O)NCC(=O)N(C)C)C(C)(C)C)C1. The molecule has 1 saturated heterocycles. The van der Waals surface area contributed by atoms with Crippen molar-refractivity contribution >= 4 is 35.4 Å². The fraction of sp³-hybridized carbons (Fsp3) is 0.760. The molecule has 1 heterocycles. The molecule has 2 fully saturated rings. The second kappa shape index (κ2) is 12.4. The van der Waals surface area contributed by atoms with Crippen molar-refractivity contribution in [2.75, 3.05) is 27.2 Å². The lowest BCUT2D eigenvalue weighted by Gasteiger charge is -2.36. The maximum absolute atomic E-state index is 13.7. The quantitative estimate of drug-likeness (QED) is 0.288. The van der Waals surface area contributed by atoms with Crippen molar-refractivity contribution in [1.82, 2.24) is 25.8 Å². The van der Waals surface area contributed by atoms with Crippen molar-refractivity contribution in [3.8, 4) is 0 Å². The molecule has 37 heavy (non-hydrogen) atoms. The third-order valence-electron chi connectivity index (χ3n) is 7.05. The van der Waals surface area contributed by atoms with Gasteiger partial charge in [-0.2, -0.15) is 0 Å². The lowest BCUT2D eigenvalue weighted by Crippen LogP contribution is -2.60. The first-order chi connectivity index (χ1) is 17.1. The Hall–Kier alpha value is -3.18. The van der Waals surface area contributed by atoms with Crippen LogP contribution >= 0.6 is 0 Å². The van der Waals surface area contributed by atoms with Gasteiger partial charge in [0.05, 0.1) is 12.6 Å². The molecule has 4 atom stereocenters. The number of hydrogen-bond donors (Lipinski definition) is 4. The number of nitrogens with two attached hydrogens (primary N) is 1. The molecule has 5 N–H and O–H groups in total. The number of Topliss-reactive ketones (excluding diaryl/α,β-unsaturated/α-hetero) is 1. The van der Waals surface area contributed by atoms with Gasteiger partial charge in [-0.25, -0.2) is 4.79 Å².